The maximum Gasteiger partial charge on any atom is 0.287 e. The van der Waals surface area contributed by atoms with Crippen molar-refractivity contribution in [2.75, 3.05) is 13.1 Å². The Balaban J connectivity index is 1.45. The van der Waals surface area contributed by atoms with E-state index in [9.17, 15) is 9.59 Å². The van der Waals surface area contributed by atoms with Gasteiger partial charge in [0.05, 0.1) is 10.9 Å². The topological polar surface area (TPSA) is 78.1 Å². The van der Waals surface area contributed by atoms with Crippen LogP contribution in [0.2, 0.25) is 0 Å². The number of nitrogens with zero attached hydrogens (tertiary/aromatic N) is 2. The fourth-order valence-electron chi connectivity index (χ4n) is 3.39. The molecular formula is C19H20N4O2S. The molecule has 1 fully saturated rings. The van der Waals surface area contributed by atoms with E-state index in [0.29, 0.717) is 10.9 Å². The zero-order valence-electron chi connectivity index (χ0n) is 14.3. The van der Waals surface area contributed by atoms with Crippen LogP contribution in [0.25, 0.3) is 10.9 Å². The Kier molecular flexibility index (Phi) is 4.81. The van der Waals surface area contributed by atoms with Gasteiger partial charge in [-0.15, -0.1) is 11.3 Å². The third-order valence-electron chi connectivity index (χ3n) is 4.63. The van der Waals surface area contributed by atoms with Crippen LogP contribution >= 0.6 is 11.3 Å². The highest BCUT2D eigenvalue weighted by Crippen LogP contribution is 2.17. The summed E-state index contributed by atoms with van der Waals surface area (Å²) in [5.41, 5.74) is 0.244. The minimum Gasteiger partial charge on any atom is -0.345 e. The minimum absolute atomic E-state index is 0.0629. The molecule has 0 radical (unpaired) electrons. The van der Waals surface area contributed by atoms with Gasteiger partial charge in [-0.25, -0.2) is 4.98 Å². The SMILES string of the molecule is O=C(N[C@H]1CCCN(Cc2cccs2)C1)c1nc2ccccc2c(=O)[nH]1. The number of benzene rings is 1. The molecule has 1 saturated heterocycles. The number of amides is 1. The number of carbonyl (C=O) groups is 1. The molecule has 0 bridgehead atoms. The third-order valence-corrected chi connectivity index (χ3v) is 5.49. The summed E-state index contributed by atoms with van der Waals surface area (Å²) in [6, 6.07) is 11.3. The molecule has 6 nitrogen and oxygen atoms in total. The third kappa shape index (κ3) is 3.68. The Bertz CT molecular complexity index is 967. The van der Waals surface area contributed by atoms with Crippen molar-refractivity contribution in [1.29, 1.82) is 0 Å². The number of para-hydroxylation sites is 1. The molecule has 7 heteroatoms. The molecule has 4 rings (SSSR count). The summed E-state index contributed by atoms with van der Waals surface area (Å²) in [7, 11) is 0. The van der Waals surface area contributed by atoms with Crippen LogP contribution in [0.4, 0.5) is 0 Å². The number of piperidine rings is 1. The van der Waals surface area contributed by atoms with Gasteiger partial charge in [0.25, 0.3) is 11.5 Å². The molecule has 1 amide bonds. The van der Waals surface area contributed by atoms with Gasteiger partial charge in [-0.3, -0.25) is 14.5 Å². The summed E-state index contributed by atoms with van der Waals surface area (Å²) in [6.45, 7) is 2.76. The number of rotatable bonds is 4. The van der Waals surface area contributed by atoms with E-state index < -0.39 is 0 Å². The zero-order valence-corrected chi connectivity index (χ0v) is 15.1. The van der Waals surface area contributed by atoms with E-state index in [4.69, 9.17) is 0 Å². The summed E-state index contributed by atoms with van der Waals surface area (Å²) in [4.78, 5) is 35.3. The lowest BCUT2D eigenvalue weighted by atomic mass is 10.1. The monoisotopic (exact) mass is 368 g/mol. The maximum absolute atomic E-state index is 12.6. The van der Waals surface area contributed by atoms with Crippen molar-refractivity contribution < 1.29 is 4.79 Å². The number of aromatic amines is 1. The second kappa shape index (κ2) is 7.39. The van der Waals surface area contributed by atoms with E-state index in [1.165, 1.54) is 4.88 Å². The smallest absolute Gasteiger partial charge is 0.287 e. The first-order chi connectivity index (χ1) is 12.7. The standard InChI is InChI=1S/C19H20N4O2S/c24-18-15-7-1-2-8-16(15)21-17(22-18)19(25)20-13-5-3-9-23(11-13)12-14-6-4-10-26-14/h1-2,4,6-8,10,13H,3,5,9,11-12H2,(H,20,25)(H,21,22,24)/t13-/m0/s1. The number of aromatic nitrogens is 2. The molecule has 0 spiro atoms. The molecule has 3 aromatic rings. The number of nitrogens with one attached hydrogen (secondary N) is 2. The van der Waals surface area contributed by atoms with Gasteiger partial charge in [0.1, 0.15) is 0 Å². The average molecular weight is 368 g/mol. The zero-order chi connectivity index (χ0) is 17.9. The molecule has 1 aliphatic heterocycles. The first-order valence-electron chi connectivity index (χ1n) is 8.74. The Labute approximate surface area is 154 Å². The van der Waals surface area contributed by atoms with Crippen LogP contribution in [0.15, 0.2) is 46.6 Å². The second-order valence-electron chi connectivity index (χ2n) is 6.56. The van der Waals surface area contributed by atoms with E-state index in [1.807, 2.05) is 0 Å². The molecule has 0 saturated carbocycles. The van der Waals surface area contributed by atoms with Gasteiger partial charge in [0.2, 0.25) is 0 Å². The van der Waals surface area contributed by atoms with E-state index >= 15 is 0 Å². The Morgan fingerprint density at radius 3 is 3.04 bits per heavy atom. The van der Waals surface area contributed by atoms with Crippen LogP contribution < -0.4 is 10.9 Å². The van der Waals surface area contributed by atoms with Gasteiger partial charge in [-0.2, -0.15) is 0 Å². The number of hydrogen-bond donors (Lipinski definition) is 2. The molecule has 1 aliphatic rings. The molecule has 1 aromatic carbocycles. The number of fused-ring (bicyclic) bond motifs is 1. The summed E-state index contributed by atoms with van der Waals surface area (Å²) in [6.07, 6.45) is 1.97. The molecule has 26 heavy (non-hydrogen) atoms. The fourth-order valence-corrected chi connectivity index (χ4v) is 4.13. The van der Waals surface area contributed by atoms with Crippen LogP contribution in [0.1, 0.15) is 28.3 Å². The number of hydrogen-bond acceptors (Lipinski definition) is 5. The van der Waals surface area contributed by atoms with E-state index in [-0.39, 0.29) is 23.3 Å². The molecule has 1 atom stereocenters. The quantitative estimate of drug-likeness (QED) is 0.741. The minimum atomic E-state index is -0.323. The predicted molar refractivity (Wildman–Crippen MR) is 102 cm³/mol. The van der Waals surface area contributed by atoms with Gasteiger partial charge in [-0.1, -0.05) is 18.2 Å². The Morgan fingerprint density at radius 2 is 2.19 bits per heavy atom. The summed E-state index contributed by atoms with van der Waals surface area (Å²) in [5, 5.41) is 5.60. The van der Waals surface area contributed by atoms with Gasteiger partial charge in [-0.05, 0) is 43.0 Å². The van der Waals surface area contributed by atoms with Crippen molar-refractivity contribution in [2.24, 2.45) is 0 Å². The van der Waals surface area contributed by atoms with Gasteiger partial charge in [0, 0.05) is 24.0 Å². The van der Waals surface area contributed by atoms with Crippen molar-refractivity contribution >= 4 is 28.1 Å². The van der Waals surface area contributed by atoms with Crippen molar-refractivity contribution in [3.05, 3.63) is 62.8 Å². The molecule has 2 N–H and O–H groups in total. The lowest BCUT2D eigenvalue weighted by molar-refractivity contribution is 0.0891. The normalized spacial score (nSPS) is 18.1. The van der Waals surface area contributed by atoms with Crippen LogP contribution in [0.3, 0.4) is 0 Å². The Morgan fingerprint density at radius 1 is 1.31 bits per heavy atom. The molecule has 0 unspecified atom stereocenters. The second-order valence-corrected chi connectivity index (χ2v) is 7.59. The van der Waals surface area contributed by atoms with E-state index in [0.717, 1.165) is 32.5 Å². The molecule has 2 aromatic heterocycles. The number of likely N-dealkylation sites (tertiary alicyclic amines) is 1. The fraction of sp³-hybridized carbons (Fsp3) is 0.316. The van der Waals surface area contributed by atoms with Crippen molar-refractivity contribution in [3.8, 4) is 0 Å². The molecular weight excluding hydrogens is 348 g/mol. The van der Waals surface area contributed by atoms with E-state index in [1.54, 1.807) is 35.6 Å². The number of H-pyrrole nitrogens is 1. The first kappa shape index (κ1) is 16.9. The van der Waals surface area contributed by atoms with Crippen molar-refractivity contribution in [2.45, 2.75) is 25.4 Å². The predicted octanol–water partition coefficient (Wildman–Crippen LogP) is 2.38. The summed E-state index contributed by atoms with van der Waals surface area (Å²) in [5.74, 6) is -0.250. The van der Waals surface area contributed by atoms with Gasteiger partial charge >= 0.3 is 0 Å². The highest BCUT2D eigenvalue weighted by Gasteiger charge is 2.23. The Hall–Kier alpha value is -2.51. The van der Waals surface area contributed by atoms with E-state index in [2.05, 4.69) is 37.7 Å². The van der Waals surface area contributed by atoms with Crippen LogP contribution in [0.5, 0.6) is 0 Å². The highest BCUT2D eigenvalue weighted by atomic mass is 32.1. The number of thiophene rings is 1. The van der Waals surface area contributed by atoms with Crippen LogP contribution in [0, 0.1) is 0 Å². The molecule has 3 heterocycles. The molecule has 0 aliphatic carbocycles. The van der Waals surface area contributed by atoms with Crippen molar-refractivity contribution in [3.63, 3.8) is 0 Å². The lowest BCUT2D eigenvalue weighted by Crippen LogP contribution is -2.47. The van der Waals surface area contributed by atoms with Crippen molar-refractivity contribution in [1.82, 2.24) is 20.2 Å². The average Bonchev–Trinajstić information content (AvgIpc) is 3.15. The van der Waals surface area contributed by atoms with Gasteiger partial charge < -0.3 is 10.3 Å². The molecule has 134 valence electrons. The highest BCUT2D eigenvalue weighted by molar-refractivity contribution is 7.09. The van der Waals surface area contributed by atoms with Gasteiger partial charge in [0.15, 0.2) is 5.82 Å². The van der Waals surface area contributed by atoms with Crippen LogP contribution in [-0.4, -0.2) is 39.9 Å². The first-order valence-corrected chi connectivity index (χ1v) is 9.62. The largest absolute Gasteiger partial charge is 0.345 e. The number of carbonyl (C=O) groups excluding carboxylic acids is 1. The lowest BCUT2D eigenvalue weighted by Gasteiger charge is -2.32. The van der Waals surface area contributed by atoms with Crippen LogP contribution in [-0.2, 0) is 6.54 Å². The summed E-state index contributed by atoms with van der Waals surface area (Å²) >= 11 is 1.75. The summed E-state index contributed by atoms with van der Waals surface area (Å²) < 4.78 is 0. The maximum atomic E-state index is 12.6.